The second kappa shape index (κ2) is 3.73. The third kappa shape index (κ3) is 1.79. The Morgan fingerprint density at radius 1 is 1.54 bits per heavy atom. The fourth-order valence-electron chi connectivity index (χ4n) is 2.06. The summed E-state index contributed by atoms with van der Waals surface area (Å²) in [5, 5.41) is 0. The van der Waals surface area contributed by atoms with Crippen molar-refractivity contribution in [3.8, 4) is 0 Å². The van der Waals surface area contributed by atoms with Crippen molar-refractivity contribution in [3.63, 3.8) is 0 Å². The first kappa shape index (κ1) is 8.48. The van der Waals surface area contributed by atoms with Crippen LogP contribution in [0.15, 0.2) is 12.4 Å². The number of aromatic nitrogens is 2. The van der Waals surface area contributed by atoms with Crippen LogP contribution in [0.5, 0.6) is 0 Å². The quantitative estimate of drug-likeness (QED) is 0.662. The molecule has 0 radical (unpaired) electrons. The lowest BCUT2D eigenvalue weighted by atomic mass is 10.1. The lowest BCUT2D eigenvalue weighted by Crippen LogP contribution is -2.09. The maximum absolute atomic E-state index is 10.6. The lowest BCUT2D eigenvalue weighted by Gasteiger charge is -2.10. The van der Waals surface area contributed by atoms with Crippen LogP contribution in [-0.2, 0) is 6.54 Å². The van der Waals surface area contributed by atoms with E-state index in [4.69, 9.17) is 0 Å². The van der Waals surface area contributed by atoms with E-state index in [1.54, 1.807) is 6.20 Å². The van der Waals surface area contributed by atoms with Crippen molar-refractivity contribution in [3.05, 3.63) is 18.2 Å². The van der Waals surface area contributed by atoms with Gasteiger partial charge in [0, 0.05) is 18.9 Å². The third-order valence-electron chi connectivity index (χ3n) is 2.78. The van der Waals surface area contributed by atoms with Crippen LogP contribution >= 0.6 is 0 Å². The van der Waals surface area contributed by atoms with Crippen molar-refractivity contribution in [1.82, 2.24) is 9.55 Å². The van der Waals surface area contributed by atoms with E-state index in [9.17, 15) is 4.79 Å². The van der Waals surface area contributed by atoms with Crippen molar-refractivity contribution in [1.29, 1.82) is 0 Å². The third-order valence-corrected chi connectivity index (χ3v) is 2.78. The van der Waals surface area contributed by atoms with Crippen LogP contribution in [0.4, 0.5) is 0 Å². The highest BCUT2D eigenvalue weighted by molar-refractivity contribution is 5.69. The molecule has 13 heavy (non-hydrogen) atoms. The average Bonchev–Trinajstić information content (AvgIpc) is 2.76. The van der Waals surface area contributed by atoms with Crippen molar-refractivity contribution in [2.24, 2.45) is 5.92 Å². The number of imidazole rings is 1. The second-order valence-corrected chi connectivity index (χ2v) is 3.71. The van der Waals surface area contributed by atoms with Crippen molar-refractivity contribution in [2.75, 3.05) is 0 Å². The molecule has 70 valence electrons. The molecule has 1 aromatic heterocycles. The Labute approximate surface area is 77.8 Å². The van der Waals surface area contributed by atoms with Gasteiger partial charge in [-0.05, 0) is 18.8 Å². The number of carbonyl (C=O) groups excluding carboxylic acids is 1. The monoisotopic (exact) mass is 178 g/mol. The number of carbonyl (C=O) groups is 1. The molecule has 1 aliphatic rings. The molecule has 0 atom stereocenters. The summed E-state index contributed by atoms with van der Waals surface area (Å²) in [6.45, 7) is 0.966. The molecule has 3 nitrogen and oxygen atoms in total. The molecule has 0 amide bonds. The van der Waals surface area contributed by atoms with E-state index in [2.05, 4.69) is 4.98 Å². The Kier molecular flexibility index (Phi) is 2.43. The van der Waals surface area contributed by atoms with E-state index in [1.165, 1.54) is 25.7 Å². The largest absolute Gasteiger partial charge is 0.328 e. The normalized spacial score (nSPS) is 17.8. The average molecular weight is 178 g/mol. The van der Waals surface area contributed by atoms with E-state index >= 15 is 0 Å². The summed E-state index contributed by atoms with van der Waals surface area (Å²) in [6.07, 6.45) is 9.70. The summed E-state index contributed by atoms with van der Waals surface area (Å²) in [5.41, 5.74) is 0. The summed E-state index contributed by atoms with van der Waals surface area (Å²) in [5.74, 6) is 1.32. The highest BCUT2D eigenvalue weighted by Gasteiger charge is 2.16. The SMILES string of the molecule is O=Cc1nccn1CC1CCCC1. The Morgan fingerprint density at radius 3 is 3.00 bits per heavy atom. The standard InChI is InChI=1S/C10H14N2O/c13-8-10-11-5-6-12(10)7-9-3-1-2-4-9/h5-6,8-9H,1-4,7H2. The highest BCUT2D eigenvalue weighted by Crippen LogP contribution is 2.26. The number of hydrogen-bond acceptors (Lipinski definition) is 2. The molecular formula is C10H14N2O. The fraction of sp³-hybridized carbons (Fsp3) is 0.600. The maximum atomic E-state index is 10.6. The first-order valence-corrected chi connectivity index (χ1v) is 4.86. The number of nitrogens with zero attached hydrogens (tertiary/aromatic N) is 2. The molecule has 1 aromatic rings. The van der Waals surface area contributed by atoms with Gasteiger partial charge in [-0.15, -0.1) is 0 Å². The van der Waals surface area contributed by atoms with Gasteiger partial charge in [0.05, 0.1) is 0 Å². The lowest BCUT2D eigenvalue weighted by molar-refractivity contribution is 0.111. The van der Waals surface area contributed by atoms with Gasteiger partial charge in [-0.2, -0.15) is 0 Å². The summed E-state index contributed by atoms with van der Waals surface area (Å²) in [6, 6.07) is 0. The van der Waals surface area contributed by atoms with Gasteiger partial charge in [-0.25, -0.2) is 4.98 Å². The van der Waals surface area contributed by atoms with Crippen molar-refractivity contribution in [2.45, 2.75) is 32.2 Å². The summed E-state index contributed by atoms with van der Waals surface area (Å²) in [7, 11) is 0. The Hall–Kier alpha value is -1.12. The molecule has 0 unspecified atom stereocenters. The zero-order chi connectivity index (χ0) is 9.10. The van der Waals surface area contributed by atoms with Gasteiger partial charge in [0.25, 0.3) is 0 Å². The highest BCUT2D eigenvalue weighted by atomic mass is 16.1. The molecular weight excluding hydrogens is 164 g/mol. The van der Waals surface area contributed by atoms with Gasteiger partial charge in [0.2, 0.25) is 0 Å². The van der Waals surface area contributed by atoms with Crippen molar-refractivity contribution >= 4 is 6.29 Å². The molecule has 2 rings (SSSR count). The molecule has 1 heterocycles. The Bertz CT molecular complexity index is 287. The van der Waals surface area contributed by atoms with E-state index in [0.717, 1.165) is 18.7 Å². The molecule has 1 saturated carbocycles. The molecule has 3 heteroatoms. The molecule has 0 aromatic carbocycles. The maximum Gasteiger partial charge on any atom is 0.185 e. The molecule has 1 aliphatic carbocycles. The van der Waals surface area contributed by atoms with Crippen LogP contribution in [0.2, 0.25) is 0 Å². The van der Waals surface area contributed by atoms with E-state index in [0.29, 0.717) is 5.82 Å². The number of aldehydes is 1. The van der Waals surface area contributed by atoms with Gasteiger partial charge in [-0.3, -0.25) is 4.79 Å². The fourth-order valence-corrected chi connectivity index (χ4v) is 2.06. The van der Waals surface area contributed by atoms with Gasteiger partial charge in [-0.1, -0.05) is 12.8 Å². The molecule has 1 fully saturated rings. The van der Waals surface area contributed by atoms with Crippen LogP contribution in [0.25, 0.3) is 0 Å². The summed E-state index contributed by atoms with van der Waals surface area (Å²) in [4.78, 5) is 14.6. The molecule has 0 aliphatic heterocycles. The summed E-state index contributed by atoms with van der Waals surface area (Å²) < 4.78 is 1.96. The second-order valence-electron chi connectivity index (χ2n) is 3.71. The van der Waals surface area contributed by atoms with Crippen molar-refractivity contribution < 1.29 is 4.79 Å². The van der Waals surface area contributed by atoms with Crippen LogP contribution < -0.4 is 0 Å². The Morgan fingerprint density at radius 2 is 2.31 bits per heavy atom. The molecule has 0 bridgehead atoms. The first-order valence-electron chi connectivity index (χ1n) is 4.86. The molecule has 0 spiro atoms. The Balaban J connectivity index is 2.03. The smallest absolute Gasteiger partial charge is 0.185 e. The van der Waals surface area contributed by atoms with Crippen LogP contribution in [0.3, 0.4) is 0 Å². The number of hydrogen-bond donors (Lipinski definition) is 0. The molecule has 0 saturated heterocycles. The van der Waals surface area contributed by atoms with Crippen LogP contribution in [0, 0.1) is 5.92 Å². The van der Waals surface area contributed by atoms with E-state index < -0.39 is 0 Å². The van der Waals surface area contributed by atoms with Gasteiger partial charge in [0.1, 0.15) is 0 Å². The topological polar surface area (TPSA) is 34.9 Å². The van der Waals surface area contributed by atoms with E-state index in [-0.39, 0.29) is 0 Å². The van der Waals surface area contributed by atoms with Gasteiger partial charge < -0.3 is 4.57 Å². The zero-order valence-electron chi connectivity index (χ0n) is 7.65. The van der Waals surface area contributed by atoms with Gasteiger partial charge in [0.15, 0.2) is 12.1 Å². The predicted molar refractivity (Wildman–Crippen MR) is 49.6 cm³/mol. The minimum Gasteiger partial charge on any atom is -0.328 e. The van der Waals surface area contributed by atoms with Crippen LogP contribution in [0.1, 0.15) is 36.3 Å². The first-order chi connectivity index (χ1) is 6.40. The minimum atomic E-state index is 0.562. The minimum absolute atomic E-state index is 0.562. The number of rotatable bonds is 3. The van der Waals surface area contributed by atoms with Gasteiger partial charge >= 0.3 is 0 Å². The predicted octanol–water partition coefficient (Wildman–Crippen LogP) is 1.89. The summed E-state index contributed by atoms with van der Waals surface area (Å²) >= 11 is 0. The zero-order valence-corrected chi connectivity index (χ0v) is 7.65. The molecule has 0 N–H and O–H groups in total. The van der Waals surface area contributed by atoms with Crippen LogP contribution in [-0.4, -0.2) is 15.8 Å². The van der Waals surface area contributed by atoms with E-state index in [1.807, 2.05) is 10.8 Å².